The van der Waals surface area contributed by atoms with Crippen molar-refractivity contribution in [3.63, 3.8) is 0 Å². The van der Waals surface area contributed by atoms with Crippen molar-refractivity contribution in [2.45, 2.75) is 18.9 Å². The summed E-state index contributed by atoms with van der Waals surface area (Å²) in [6, 6.07) is 11.9. The van der Waals surface area contributed by atoms with Gasteiger partial charge in [0.1, 0.15) is 30.0 Å². The van der Waals surface area contributed by atoms with Crippen LogP contribution in [-0.2, 0) is 14.4 Å². The van der Waals surface area contributed by atoms with Gasteiger partial charge in [-0.3, -0.25) is 14.4 Å². The van der Waals surface area contributed by atoms with Crippen LogP contribution in [0.3, 0.4) is 0 Å². The van der Waals surface area contributed by atoms with Crippen LogP contribution >= 0.6 is 23.2 Å². The molecule has 164 valence electrons. The third-order valence-electron chi connectivity index (χ3n) is 4.52. The second-order valence-electron chi connectivity index (χ2n) is 6.87. The van der Waals surface area contributed by atoms with Gasteiger partial charge in [-0.2, -0.15) is 0 Å². The molecular weight excluding hydrogens is 445 g/mol. The Balaban J connectivity index is 1.42. The van der Waals surface area contributed by atoms with Gasteiger partial charge < -0.3 is 25.4 Å². The Kier molecular flexibility index (Phi) is 7.73. The van der Waals surface area contributed by atoms with Crippen LogP contribution in [0.25, 0.3) is 0 Å². The lowest BCUT2D eigenvalue weighted by Crippen LogP contribution is -2.42. The summed E-state index contributed by atoms with van der Waals surface area (Å²) in [4.78, 5) is 37.8. The number of hydrogen-bond donors (Lipinski definition) is 3. The highest BCUT2D eigenvalue weighted by Gasteiger charge is 2.26. The van der Waals surface area contributed by atoms with E-state index in [1.165, 1.54) is 4.90 Å². The van der Waals surface area contributed by atoms with Crippen LogP contribution < -0.4 is 20.3 Å². The van der Waals surface area contributed by atoms with Gasteiger partial charge in [0.15, 0.2) is 0 Å². The molecule has 0 bridgehead atoms. The lowest BCUT2D eigenvalue weighted by Gasteiger charge is -2.29. The zero-order chi connectivity index (χ0) is 22.4. The fourth-order valence-corrected chi connectivity index (χ4v) is 3.32. The van der Waals surface area contributed by atoms with Crippen LogP contribution in [0.2, 0.25) is 10.0 Å². The van der Waals surface area contributed by atoms with Gasteiger partial charge in [0.2, 0.25) is 17.7 Å². The molecule has 1 unspecified atom stereocenters. The third-order valence-corrected chi connectivity index (χ3v) is 5.32. The van der Waals surface area contributed by atoms with Crippen molar-refractivity contribution in [3.8, 4) is 5.75 Å². The number of nitrogens with one attached hydrogen (secondary N) is 2. The minimum Gasteiger partial charge on any atom is -0.489 e. The summed E-state index contributed by atoms with van der Waals surface area (Å²) in [6.07, 6.45) is -1.13. The van der Waals surface area contributed by atoms with Crippen LogP contribution in [-0.4, -0.2) is 48.6 Å². The predicted molar refractivity (Wildman–Crippen MR) is 118 cm³/mol. The molecule has 0 saturated carbocycles. The normalized spacial score (nSPS) is 13.8. The van der Waals surface area contributed by atoms with Crippen molar-refractivity contribution in [1.29, 1.82) is 0 Å². The molecule has 3 N–H and O–H groups in total. The highest BCUT2D eigenvalue weighted by molar-refractivity contribution is 6.42. The Morgan fingerprint density at radius 3 is 2.74 bits per heavy atom. The number of aliphatic hydroxyl groups is 1. The first-order valence-corrected chi connectivity index (χ1v) is 10.3. The number of anilines is 2. The molecule has 3 rings (SSSR count). The number of carbonyl (C=O) groups excluding carboxylic acids is 3. The van der Waals surface area contributed by atoms with Crippen molar-refractivity contribution in [2.75, 3.05) is 29.9 Å². The van der Waals surface area contributed by atoms with Crippen LogP contribution in [0.15, 0.2) is 42.5 Å². The standard InChI is InChI=1S/C21H21Cl2N3O5/c22-14-4-3-7-17(21(14)23)31-12-13(27)10-24-18(28)8-9-20(30)26-11-19(29)25-15-5-1-2-6-16(15)26/h1-7,13,27H,8-12H2,(H,24,28)(H,25,29). The molecule has 0 spiro atoms. The number of benzene rings is 2. The average Bonchev–Trinajstić information content (AvgIpc) is 2.76. The summed E-state index contributed by atoms with van der Waals surface area (Å²) in [5.41, 5.74) is 1.15. The maximum atomic E-state index is 12.5. The second-order valence-corrected chi connectivity index (χ2v) is 7.65. The van der Waals surface area contributed by atoms with E-state index in [-0.39, 0.29) is 49.4 Å². The number of amides is 3. The molecule has 1 heterocycles. The average molecular weight is 466 g/mol. The van der Waals surface area contributed by atoms with E-state index in [0.717, 1.165) is 0 Å². The maximum absolute atomic E-state index is 12.5. The summed E-state index contributed by atoms with van der Waals surface area (Å²) in [5, 5.41) is 15.8. The molecule has 3 amide bonds. The van der Waals surface area contributed by atoms with Crippen LogP contribution in [0.5, 0.6) is 5.75 Å². The van der Waals surface area contributed by atoms with Crippen molar-refractivity contribution in [3.05, 3.63) is 52.5 Å². The SMILES string of the molecule is O=C(CCC(=O)N1CC(=O)Nc2ccccc21)NCC(O)COc1cccc(Cl)c1Cl. The van der Waals surface area contributed by atoms with Crippen molar-refractivity contribution < 1.29 is 24.2 Å². The smallest absolute Gasteiger partial charge is 0.244 e. The van der Waals surface area contributed by atoms with Gasteiger partial charge in [0.05, 0.1) is 16.4 Å². The number of halogens is 2. The van der Waals surface area contributed by atoms with Gasteiger partial charge in [-0.05, 0) is 24.3 Å². The first-order chi connectivity index (χ1) is 14.8. The second kappa shape index (κ2) is 10.5. The number of aliphatic hydroxyl groups excluding tert-OH is 1. The highest BCUT2D eigenvalue weighted by Crippen LogP contribution is 2.31. The van der Waals surface area contributed by atoms with Crippen molar-refractivity contribution >= 4 is 52.3 Å². The number of para-hydroxylation sites is 2. The van der Waals surface area contributed by atoms with E-state index in [0.29, 0.717) is 22.1 Å². The number of nitrogens with zero attached hydrogens (tertiary/aromatic N) is 1. The van der Waals surface area contributed by atoms with E-state index in [1.807, 2.05) is 0 Å². The quantitative estimate of drug-likeness (QED) is 0.555. The predicted octanol–water partition coefficient (Wildman–Crippen LogP) is 2.61. The molecule has 10 heteroatoms. The first kappa shape index (κ1) is 22.9. The molecular formula is C21H21Cl2N3O5. The largest absolute Gasteiger partial charge is 0.489 e. The Bertz CT molecular complexity index is 985. The number of ether oxygens (including phenoxy) is 1. The monoisotopic (exact) mass is 465 g/mol. The molecule has 1 aliphatic heterocycles. The third kappa shape index (κ3) is 6.10. The summed E-state index contributed by atoms with van der Waals surface area (Å²) >= 11 is 11.9. The molecule has 2 aromatic carbocycles. The van der Waals surface area contributed by atoms with Gasteiger partial charge in [-0.1, -0.05) is 41.4 Å². The molecule has 0 fully saturated rings. The molecule has 0 saturated heterocycles. The zero-order valence-electron chi connectivity index (χ0n) is 16.4. The molecule has 8 nitrogen and oxygen atoms in total. The minimum atomic E-state index is -0.979. The number of rotatable bonds is 8. The molecule has 1 aliphatic rings. The number of carbonyl (C=O) groups is 3. The topological polar surface area (TPSA) is 108 Å². The Labute approximate surface area is 189 Å². The van der Waals surface area contributed by atoms with Gasteiger partial charge in [0.25, 0.3) is 0 Å². The highest BCUT2D eigenvalue weighted by atomic mass is 35.5. The van der Waals surface area contributed by atoms with Gasteiger partial charge in [0, 0.05) is 19.4 Å². The minimum absolute atomic E-state index is 0.0554. The van der Waals surface area contributed by atoms with Crippen molar-refractivity contribution in [2.24, 2.45) is 0 Å². The Morgan fingerprint density at radius 1 is 1.16 bits per heavy atom. The fourth-order valence-electron chi connectivity index (χ4n) is 2.97. The fraction of sp³-hybridized carbons (Fsp3) is 0.286. The van der Waals surface area contributed by atoms with Crippen molar-refractivity contribution in [1.82, 2.24) is 5.32 Å². The maximum Gasteiger partial charge on any atom is 0.244 e. The summed E-state index contributed by atoms with van der Waals surface area (Å²) in [6.45, 7) is -0.251. The molecule has 0 radical (unpaired) electrons. The number of fused-ring (bicyclic) bond motifs is 1. The van der Waals surface area contributed by atoms with E-state index >= 15 is 0 Å². The summed E-state index contributed by atoms with van der Waals surface area (Å²) in [5.74, 6) is -0.699. The Hall–Kier alpha value is -2.81. The van der Waals surface area contributed by atoms with E-state index in [9.17, 15) is 19.5 Å². The molecule has 31 heavy (non-hydrogen) atoms. The first-order valence-electron chi connectivity index (χ1n) is 9.56. The molecule has 0 aliphatic carbocycles. The van der Waals surface area contributed by atoms with Gasteiger partial charge >= 0.3 is 0 Å². The van der Waals surface area contributed by atoms with Crippen LogP contribution in [0.4, 0.5) is 11.4 Å². The van der Waals surface area contributed by atoms with E-state index in [4.69, 9.17) is 27.9 Å². The van der Waals surface area contributed by atoms with Crippen LogP contribution in [0.1, 0.15) is 12.8 Å². The molecule has 1 atom stereocenters. The summed E-state index contributed by atoms with van der Waals surface area (Å²) in [7, 11) is 0. The van der Waals surface area contributed by atoms with E-state index in [2.05, 4.69) is 10.6 Å². The molecule has 2 aromatic rings. The lowest BCUT2D eigenvalue weighted by atomic mass is 10.1. The summed E-state index contributed by atoms with van der Waals surface area (Å²) < 4.78 is 5.42. The molecule has 0 aromatic heterocycles. The van der Waals surface area contributed by atoms with Gasteiger partial charge in [-0.25, -0.2) is 0 Å². The zero-order valence-corrected chi connectivity index (χ0v) is 17.9. The Morgan fingerprint density at radius 2 is 1.94 bits per heavy atom. The van der Waals surface area contributed by atoms with Crippen LogP contribution in [0, 0.1) is 0 Å². The van der Waals surface area contributed by atoms with E-state index in [1.54, 1.807) is 42.5 Å². The van der Waals surface area contributed by atoms with E-state index < -0.39 is 12.0 Å². The van der Waals surface area contributed by atoms with Gasteiger partial charge in [-0.15, -0.1) is 0 Å². The lowest BCUT2D eigenvalue weighted by molar-refractivity contribution is -0.126. The number of hydrogen-bond acceptors (Lipinski definition) is 5.